The summed E-state index contributed by atoms with van der Waals surface area (Å²) in [6, 6.07) is 47.9. The Kier molecular flexibility index (Phi) is 6.42. The van der Waals surface area contributed by atoms with Crippen LogP contribution in [-0.2, 0) is 16.8 Å². The molecule has 0 N–H and O–H groups in total. The van der Waals surface area contributed by atoms with Crippen molar-refractivity contribution in [3.63, 3.8) is 0 Å². The molecule has 0 aliphatic carbocycles. The summed E-state index contributed by atoms with van der Waals surface area (Å²) in [6.07, 6.45) is 0. The maximum absolute atomic E-state index is 7.38. The molecule has 1 saturated heterocycles. The third kappa shape index (κ3) is 4.29. The first-order chi connectivity index (χ1) is 18.2. The first-order valence-corrected chi connectivity index (χ1v) is 13.2. The Morgan fingerprint density at radius 1 is 0.676 bits per heavy atom. The fourth-order valence-corrected chi connectivity index (χ4v) is 6.17. The van der Waals surface area contributed by atoms with E-state index < -0.39 is 5.60 Å². The van der Waals surface area contributed by atoms with Crippen molar-refractivity contribution in [2.24, 2.45) is 5.92 Å². The fourth-order valence-electron chi connectivity index (χ4n) is 6.17. The molecule has 1 heterocycles. The van der Waals surface area contributed by atoms with E-state index in [0.717, 1.165) is 6.54 Å². The summed E-state index contributed by atoms with van der Waals surface area (Å²) >= 11 is 0. The molecule has 5 aromatic rings. The highest BCUT2D eigenvalue weighted by atomic mass is 16.5. The van der Waals surface area contributed by atoms with E-state index in [1.165, 1.54) is 32.9 Å². The highest BCUT2D eigenvalue weighted by Crippen LogP contribution is 2.48. The van der Waals surface area contributed by atoms with Gasteiger partial charge in [-0.15, -0.1) is 0 Å². The SMILES string of the molecule is CC(C)C1N(Cc2ccc3ccccc3c2)B(c2ccccc2)OC1(c1ccccc1)c1ccccc1. The minimum Gasteiger partial charge on any atom is -0.402 e. The Morgan fingerprint density at radius 2 is 1.22 bits per heavy atom. The van der Waals surface area contributed by atoms with Crippen LogP contribution in [0.5, 0.6) is 0 Å². The first kappa shape index (κ1) is 23.7. The topological polar surface area (TPSA) is 12.5 Å². The Labute approximate surface area is 220 Å². The quantitative estimate of drug-likeness (QED) is 0.241. The lowest BCUT2D eigenvalue weighted by Gasteiger charge is -2.41. The van der Waals surface area contributed by atoms with E-state index in [9.17, 15) is 0 Å². The predicted molar refractivity (Wildman–Crippen MR) is 155 cm³/mol. The smallest absolute Gasteiger partial charge is 0.402 e. The third-order valence-corrected chi connectivity index (χ3v) is 7.67. The molecule has 1 aliphatic rings. The average molecular weight is 481 g/mol. The van der Waals surface area contributed by atoms with Crippen LogP contribution in [0.2, 0.25) is 0 Å². The third-order valence-electron chi connectivity index (χ3n) is 7.67. The fraction of sp³-hybridized carbons (Fsp3) is 0.176. The van der Waals surface area contributed by atoms with Crippen molar-refractivity contribution < 1.29 is 4.65 Å². The number of hydrogen-bond acceptors (Lipinski definition) is 2. The molecule has 1 atom stereocenters. The van der Waals surface area contributed by atoms with E-state index in [1.807, 2.05) is 0 Å². The van der Waals surface area contributed by atoms with E-state index in [2.05, 4.69) is 152 Å². The first-order valence-electron chi connectivity index (χ1n) is 13.2. The molecule has 0 bridgehead atoms. The molecule has 6 rings (SSSR count). The zero-order chi connectivity index (χ0) is 25.2. The van der Waals surface area contributed by atoms with Crippen LogP contribution < -0.4 is 5.46 Å². The summed E-state index contributed by atoms with van der Waals surface area (Å²) in [6.45, 7) is 5.46. The molecular weight excluding hydrogens is 449 g/mol. The van der Waals surface area contributed by atoms with Crippen molar-refractivity contribution in [2.75, 3.05) is 0 Å². The van der Waals surface area contributed by atoms with Gasteiger partial charge in [-0.25, -0.2) is 0 Å². The van der Waals surface area contributed by atoms with E-state index in [0.29, 0.717) is 5.92 Å². The van der Waals surface area contributed by atoms with E-state index in [1.54, 1.807) is 0 Å². The van der Waals surface area contributed by atoms with Gasteiger partial charge in [-0.2, -0.15) is 0 Å². The number of nitrogens with zero attached hydrogens (tertiary/aromatic N) is 1. The summed E-state index contributed by atoms with van der Waals surface area (Å²) in [4.78, 5) is 2.59. The second kappa shape index (κ2) is 10.0. The van der Waals surface area contributed by atoms with Crippen LogP contribution in [0.1, 0.15) is 30.5 Å². The summed E-state index contributed by atoms with van der Waals surface area (Å²) in [5, 5.41) is 2.54. The number of fused-ring (bicyclic) bond motifs is 1. The van der Waals surface area contributed by atoms with E-state index >= 15 is 0 Å². The Bertz CT molecular complexity index is 1430. The number of rotatable bonds is 6. The molecule has 5 aromatic carbocycles. The lowest BCUT2D eigenvalue weighted by atomic mass is 9.70. The molecule has 1 fully saturated rings. The minimum atomic E-state index is -0.603. The van der Waals surface area contributed by atoms with Crippen LogP contribution >= 0.6 is 0 Å². The Hall–Kier alpha value is -3.66. The van der Waals surface area contributed by atoms with Gasteiger partial charge >= 0.3 is 7.05 Å². The van der Waals surface area contributed by atoms with Gasteiger partial charge in [-0.05, 0) is 44.9 Å². The highest BCUT2D eigenvalue weighted by molar-refractivity contribution is 6.65. The Balaban J connectivity index is 1.54. The molecule has 3 heteroatoms. The zero-order valence-electron chi connectivity index (χ0n) is 21.5. The zero-order valence-corrected chi connectivity index (χ0v) is 21.5. The molecule has 2 nitrogen and oxygen atoms in total. The van der Waals surface area contributed by atoms with Crippen LogP contribution in [0, 0.1) is 5.92 Å². The lowest BCUT2D eigenvalue weighted by molar-refractivity contribution is 0.0726. The summed E-state index contributed by atoms with van der Waals surface area (Å²) < 4.78 is 7.38. The molecule has 0 amide bonds. The van der Waals surface area contributed by atoms with Crippen molar-refractivity contribution in [2.45, 2.75) is 32.0 Å². The molecule has 0 spiro atoms. The van der Waals surface area contributed by atoms with Crippen molar-refractivity contribution in [1.29, 1.82) is 0 Å². The van der Waals surface area contributed by atoms with Gasteiger partial charge in [0.2, 0.25) is 0 Å². The van der Waals surface area contributed by atoms with Gasteiger partial charge in [0.15, 0.2) is 0 Å². The maximum Gasteiger partial charge on any atom is 0.420 e. The van der Waals surface area contributed by atoms with Crippen molar-refractivity contribution in [1.82, 2.24) is 4.81 Å². The van der Waals surface area contributed by atoms with Gasteiger partial charge in [0.05, 0.1) is 0 Å². The molecule has 1 unspecified atom stereocenters. The normalized spacial score (nSPS) is 17.5. The molecule has 182 valence electrons. The second-order valence-electron chi connectivity index (χ2n) is 10.4. The summed E-state index contributed by atoms with van der Waals surface area (Å²) in [5.74, 6) is 0.342. The van der Waals surface area contributed by atoms with Gasteiger partial charge in [0.25, 0.3) is 0 Å². The number of benzene rings is 5. The average Bonchev–Trinajstić information content (AvgIpc) is 3.30. The van der Waals surface area contributed by atoms with Crippen molar-refractivity contribution >= 4 is 23.3 Å². The van der Waals surface area contributed by atoms with Gasteiger partial charge < -0.3 is 9.47 Å². The van der Waals surface area contributed by atoms with Crippen LogP contribution in [0.3, 0.4) is 0 Å². The van der Waals surface area contributed by atoms with Gasteiger partial charge in [-0.1, -0.05) is 141 Å². The molecular formula is C34H32BNO. The minimum absolute atomic E-state index is 0.119. The largest absolute Gasteiger partial charge is 0.420 e. The molecule has 1 aliphatic heterocycles. The van der Waals surface area contributed by atoms with Crippen LogP contribution in [0.25, 0.3) is 10.8 Å². The van der Waals surface area contributed by atoms with E-state index in [-0.39, 0.29) is 13.1 Å². The van der Waals surface area contributed by atoms with Crippen LogP contribution in [0.15, 0.2) is 133 Å². The molecule has 0 radical (unpaired) electrons. The van der Waals surface area contributed by atoms with Gasteiger partial charge in [0.1, 0.15) is 5.60 Å². The summed E-state index contributed by atoms with van der Waals surface area (Å²) in [7, 11) is -0.180. The highest BCUT2D eigenvalue weighted by Gasteiger charge is 2.58. The van der Waals surface area contributed by atoms with Crippen molar-refractivity contribution in [3.8, 4) is 0 Å². The monoisotopic (exact) mass is 481 g/mol. The summed E-state index contributed by atoms with van der Waals surface area (Å²) in [5.41, 5.74) is 4.27. The standard InChI is InChI=1S/C34H32BNO/c1-26(2)33-34(30-16-6-3-7-17-30,31-18-8-4-9-19-31)37-35(32-20-10-5-11-21-32)36(33)25-27-22-23-28-14-12-13-15-29(28)24-27/h3-24,26,33H,25H2,1-2H3. The van der Waals surface area contributed by atoms with Crippen LogP contribution in [0.4, 0.5) is 0 Å². The predicted octanol–water partition coefficient (Wildman–Crippen LogP) is 7.04. The second-order valence-corrected chi connectivity index (χ2v) is 10.4. The maximum atomic E-state index is 7.38. The molecule has 37 heavy (non-hydrogen) atoms. The van der Waals surface area contributed by atoms with Crippen LogP contribution in [-0.4, -0.2) is 17.9 Å². The number of hydrogen-bond donors (Lipinski definition) is 0. The molecule has 0 saturated carbocycles. The van der Waals surface area contributed by atoms with Crippen molar-refractivity contribution in [3.05, 3.63) is 150 Å². The lowest BCUT2D eigenvalue weighted by Crippen LogP contribution is -2.50. The van der Waals surface area contributed by atoms with E-state index in [4.69, 9.17) is 4.65 Å². The van der Waals surface area contributed by atoms with Gasteiger partial charge in [-0.3, -0.25) is 0 Å². The molecule has 0 aromatic heterocycles. The van der Waals surface area contributed by atoms with Gasteiger partial charge in [0, 0.05) is 12.6 Å². The Morgan fingerprint density at radius 3 is 1.81 bits per heavy atom.